The first kappa shape index (κ1) is 15.4. The monoisotopic (exact) mass is 284 g/mol. The Kier molecular flexibility index (Phi) is 5.88. The summed E-state index contributed by atoms with van der Waals surface area (Å²) in [5.41, 5.74) is 0.797. The first-order valence-electron chi connectivity index (χ1n) is 7.17. The number of benzene rings is 1. The van der Waals surface area contributed by atoms with Crippen molar-refractivity contribution in [3.05, 3.63) is 35.4 Å². The van der Waals surface area contributed by atoms with Crippen molar-refractivity contribution in [1.82, 2.24) is 10.2 Å². The number of hydrogen-bond donors (Lipinski definition) is 1. The molecule has 1 aromatic rings. The van der Waals surface area contributed by atoms with E-state index in [1.165, 1.54) is 12.1 Å². The molecule has 0 spiro atoms. The highest BCUT2D eigenvalue weighted by Crippen LogP contribution is 2.14. The Bertz CT molecular complexity index is 428. The minimum atomic E-state index is -0.795. The van der Waals surface area contributed by atoms with E-state index in [1.807, 2.05) is 0 Å². The van der Waals surface area contributed by atoms with Crippen LogP contribution in [-0.2, 0) is 11.3 Å². The molecule has 1 atom stereocenters. The fourth-order valence-electron chi connectivity index (χ4n) is 2.40. The summed E-state index contributed by atoms with van der Waals surface area (Å²) in [5.74, 6) is -1.58. The molecule has 0 amide bonds. The Morgan fingerprint density at radius 3 is 2.95 bits per heavy atom. The lowest BCUT2D eigenvalue weighted by Gasteiger charge is -2.35. The van der Waals surface area contributed by atoms with Gasteiger partial charge in [0.05, 0.1) is 13.2 Å². The standard InChI is InChI=1S/C15H22F2N2O/c1-2-5-18-9-13-11-20-7-6-19(13)10-12-3-4-14(16)15(17)8-12/h3-4,8,13,18H,2,5-7,9-11H2,1H3. The van der Waals surface area contributed by atoms with Gasteiger partial charge >= 0.3 is 0 Å². The van der Waals surface area contributed by atoms with E-state index >= 15 is 0 Å². The van der Waals surface area contributed by atoms with E-state index in [2.05, 4.69) is 17.1 Å². The van der Waals surface area contributed by atoms with E-state index in [1.54, 1.807) is 6.07 Å². The Morgan fingerprint density at radius 1 is 1.35 bits per heavy atom. The number of nitrogens with zero attached hydrogens (tertiary/aromatic N) is 1. The second-order valence-electron chi connectivity index (χ2n) is 5.15. The van der Waals surface area contributed by atoms with Gasteiger partial charge in [-0.1, -0.05) is 13.0 Å². The zero-order valence-electron chi connectivity index (χ0n) is 11.9. The molecule has 1 aliphatic heterocycles. The molecule has 0 saturated carbocycles. The van der Waals surface area contributed by atoms with E-state index in [9.17, 15) is 8.78 Å². The zero-order valence-corrected chi connectivity index (χ0v) is 11.9. The normalized spacial score (nSPS) is 20.2. The summed E-state index contributed by atoms with van der Waals surface area (Å²) in [7, 11) is 0. The fourth-order valence-corrected chi connectivity index (χ4v) is 2.40. The van der Waals surface area contributed by atoms with Crippen LogP contribution in [0.5, 0.6) is 0 Å². The van der Waals surface area contributed by atoms with Gasteiger partial charge in [0.15, 0.2) is 11.6 Å². The van der Waals surface area contributed by atoms with Crippen molar-refractivity contribution in [2.75, 3.05) is 32.8 Å². The van der Waals surface area contributed by atoms with Crippen LogP contribution in [0, 0.1) is 11.6 Å². The van der Waals surface area contributed by atoms with Crippen molar-refractivity contribution >= 4 is 0 Å². The largest absolute Gasteiger partial charge is 0.378 e. The third-order valence-corrected chi connectivity index (χ3v) is 3.53. The van der Waals surface area contributed by atoms with Crippen LogP contribution < -0.4 is 5.32 Å². The molecular weight excluding hydrogens is 262 g/mol. The summed E-state index contributed by atoms with van der Waals surface area (Å²) >= 11 is 0. The highest BCUT2D eigenvalue weighted by molar-refractivity contribution is 5.17. The van der Waals surface area contributed by atoms with Crippen LogP contribution in [0.15, 0.2) is 18.2 Å². The molecule has 1 aliphatic rings. The lowest BCUT2D eigenvalue weighted by Crippen LogP contribution is -2.49. The number of morpholine rings is 1. The van der Waals surface area contributed by atoms with Crippen molar-refractivity contribution in [3.63, 3.8) is 0 Å². The number of nitrogens with one attached hydrogen (secondary N) is 1. The van der Waals surface area contributed by atoms with Crippen molar-refractivity contribution in [2.45, 2.75) is 25.9 Å². The molecule has 1 unspecified atom stereocenters. The molecule has 1 heterocycles. The summed E-state index contributed by atoms with van der Waals surface area (Å²) in [5, 5.41) is 3.39. The molecule has 112 valence electrons. The molecule has 1 fully saturated rings. The summed E-state index contributed by atoms with van der Waals surface area (Å²) in [4.78, 5) is 2.26. The van der Waals surface area contributed by atoms with Crippen LogP contribution in [0.1, 0.15) is 18.9 Å². The number of halogens is 2. The summed E-state index contributed by atoms with van der Waals surface area (Å²) in [6, 6.07) is 4.39. The minimum absolute atomic E-state index is 0.281. The minimum Gasteiger partial charge on any atom is -0.378 e. The van der Waals surface area contributed by atoms with E-state index in [4.69, 9.17) is 4.74 Å². The lowest BCUT2D eigenvalue weighted by atomic mass is 10.1. The van der Waals surface area contributed by atoms with Gasteiger partial charge in [0.1, 0.15) is 0 Å². The zero-order chi connectivity index (χ0) is 14.4. The third kappa shape index (κ3) is 4.23. The molecule has 1 aromatic carbocycles. The summed E-state index contributed by atoms with van der Waals surface area (Å²) in [6.07, 6.45) is 1.09. The molecule has 0 radical (unpaired) electrons. The van der Waals surface area contributed by atoms with E-state index in [0.717, 1.165) is 31.6 Å². The molecule has 0 aliphatic carbocycles. The highest BCUT2D eigenvalue weighted by Gasteiger charge is 2.22. The van der Waals surface area contributed by atoms with Gasteiger partial charge in [0, 0.05) is 25.7 Å². The summed E-state index contributed by atoms with van der Waals surface area (Å²) < 4.78 is 31.7. The Hall–Kier alpha value is -1.04. The Balaban J connectivity index is 1.95. The topological polar surface area (TPSA) is 24.5 Å². The smallest absolute Gasteiger partial charge is 0.159 e. The quantitative estimate of drug-likeness (QED) is 0.810. The molecule has 2 rings (SSSR count). The molecule has 0 aromatic heterocycles. The average Bonchev–Trinajstić information content (AvgIpc) is 2.45. The first-order valence-corrected chi connectivity index (χ1v) is 7.17. The molecule has 0 bridgehead atoms. The predicted octanol–water partition coefficient (Wildman–Crippen LogP) is 2.17. The van der Waals surface area contributed by atoms with Crippen molar-refractivity contribution in [1.29, 1.82) is 0 Å². The highest BCUT2D eigenvalue weighted by atomic mass is 19.2. The molecular formula is C15H22F2N2O. The van der Waals surface area contributed by atoms with Gasteiger partial charge in [-0.25, -0.2) is 8.78 Å². The van der Waals surface area contributed by atoms with Gasteiger partial charge < -0.3 is 10.1 Å². The Labute approximate surface area is 118 Å². The maximum Gasteiger partial charge on any atom is 0.159 e. The molecule has 20 heavy (non-hydrogen) atoms. The van der Waals surface area contributed by atoms with Gasteiger partial charge in [-0.05, 0) is 30.7 Å². The van der Waals surface area contributed by atoms with Crippen LogP contribution in [0.3, 0.4) is 0 Å². The van der Waals surface area contributed by atoms with Crippen LogP contribution in [0.2, 0.25) is 0 Å². The Morgan fingerprint density at radius 2 is 2.20 bits per heavy atom. The second-order valence-corrected chi connectivity index (χ2v) is 5.15. The SMILES string of the molecule is CCCNCC1COCCN1Cc1ccc(F)c(F)c1. The van der Waals surface area contributed by atoms with Gasteiger partial charge in [-0.2, -0.15) is 0 Å². The van der Waals surface area contributed by atoms with Crippen LogP contribution in [-0.4, -0.2) is 43.8 Å². The molecule has 5 heteroatoms. The third-order valence-electron chi connectivity index (χ3n) is 3.53. The number of rotatable bonds is 6. The summed E-state index contributed by atoms with van der Waals surface area (Å²) in [6.45, 7) is 6.78. The second kappa shape index (κ2) is 7.67. The molecule has 3 nitrogen and oxygen atoms in total. The maximum atomic E-state index is 13.2. The number of hydrogen-bond acceptors (Lipinski definition) is 3. The van der Waals surface area contributed by atoms with Gasteiger partial charge in [-0.3, -0.25) is 4.90 Å². The van der Waals surface area contributed by atoms with Gasteiger partial charge in [0.2, 0.25) is 0 Å². The van der Waals surface area contributed by atoms with Crippen LogP contribution in [0.25, 0.3) is 0 Å². The van der Waals surface area contributed by atoms with Gasteiger partial charge in [-0.15, -0.1) is 0 Å². The van der Waals surface area contributed by atoms with Crippen LogP contribution in [0.4, 0.5) is 8.78 Å². The van der Waals surface area contributed by atoms with Crippen molar-refractivity contribution in [3.8, 4) is 0 Å². The fraction of sp³-hybridized carbons (Fsp3) is 0.600. The van der Waals surface area contributed by atoms with Gasteiger partial charge in [0.25, 0.3) is 0 Å². The first-order chi connectivity index (χ1) is 9.70. The van der Waals surface area contributed by atoms with E-state index < -0.39 is 11.6 Å². The lowest BCUT2D eigenvalue weighted by molar-refractivity contribution is -0.0109. The molecule has 1 saturated heterocycles. The van der Waals surface area contributed by atoms with E-state index in [0.29, 0.717) is 19.8 Å². The molecule has 1 N–H and O–H groups in total. The van der Waals surface area contributed by atoms with Crippen molar-refractivity contribution < 1.29 is 13.5 Å². The van der Waals surface area contributed by atoms with Crippen LogP contribution >= 0.6 is 0 Å². The maximum absolute atomic E-state index is 13.2. The average molecular weight is 284 g/mol. The van der Waals surface area contributed by atoms with Crippen molar-refractivity contribution in [2.24, 2.45) is 0 Å². The predicted molar refractivity (Wildman–Crippen MR) is 74.5 cm³/mol. The number of ether oxygens (including phenoxy) is 1. The van der Waals surface area contributed by atoms with E-state index in [-0.39, 0.29) is 6.04 Å².